The molecule has 1 fully saturated rings. The average molecular weight is 283 g/mol. The SMILES string of the molecule is CN=C(NCCCC1CCCC1)NCC(C)C(=O)OC. The summed E-state index contributed by atoms with van der Waals surface area (Å²) < 4.78 is 4.69. The molecule has 0 heterocycles. The number of methoxy groups -OCH3 is 1. The molecule has 0 bridgehead atoms. The lowest BCUT2D eigenvalue weighted by Gasteiger charge is -2.15. The minimum Gasteiger partial charge on any atom is -0.469 e. The van der Waals surface area contributed by atoms with Gasteiger partial charge >= 0.3 is 5.97 Å². The van der Waals surface area contributed by atoms with Crippen LogP contribution in [0.25, 0.3) is 0 Å². The molecule has 0 amide bonds. The molecule has 0 radical (unpaired) electrons. The molecule has 1 rings (SSSR count). The maximum Gasteiger partial charge on any atom is 0.310 e. The van der Waals surface area contributed by atoms with E-state index in [0.29, 0.717) is 6.54 Å². The molecule has 1 unspecified atom stereocenters. The van der Waals surface area contributed by atoms with Crippen LogP contribution in [0.3, 0.4) is 0 Å². The zero-order valence-corrected chi connectivity index (χ0v) is 13.1. The predicted molar refractivity (Wildman–Crippen MR) is 81.7 cm³/mol. The van der Waals surface area contributed by atoms with Crippen LogP contribution in [0.15, 0.2) is 4.99 Å². The van der Waals surface area contributed by atoms with Gasteiger partial charge in [0.1, 0.15) is 0 Å². The Morgan fingerprint density at radius 2 is 2.05 bits per heavy atom. The molecule has 5 nitrogen and oxygen atoms in total. The van der Waals surface area contributed by atoms with E-state index in [1.165, 1.54) is 45.6 Å². The van der Waals surface area contributed by atoms with Gasteiger partial charge in [0.2, 0.25) is 0 Å². The maximum atomic E-state index is 11.3. The lowest BCUT2D eigenvalue weighted by atomic mass is 10.0. The fourth-order valence-corrected chi connectivity index (χ4v) is 2.65. The van der Waals surface area contributed by atoms with Crippen LogP contribution in [0.1, 0.15) is 45.4 Å². The summed E-state index contributed by atoms with van der Waals surface area (Å²) in [6.45, 7) is 3.31. The van der Waals surface area contributed by atoms with E-state index in [1.807, 2.05) is 6.92 Å². The third-order valence-electron chi connectivity index (χ3n) is 3.96. The van der Waals surface area contributed by atoms with Gasteiger partial charge in [-0.1, -0.05) is 32.6 Å². The van der Waals surface area contributed by atoms with Crippen molar-refractivity contribution in [2.75, 3.05) is 27.2 Å². The van der Waals surface area contributed by atoms with E-state index >= 15 is 0 Å². The van der Waals surface area contributed by atoms with Gasteiger partial charge in [-0.3, -0.25) is 9.79 Å². The Hall–Kier alpha value is -1.26. The fourth-order valence-electron chi connectivity index (χ4n) is 2.65. The highest BCUT2D eigenvalue weighted by Gasteiger charge is 2.15. The number of carbonyl (C=O) groups is 1. The van der Waals surface area contributed by atoms with Gasteiger partial charge in [0.05, 0.1) is 13.0 Å². The Morgan fingerprint density at radius 1 is 1.35 bits per heavy atom. The van der Waals surface area contributed by atoms with E-state index in [0.717, 1.165) is 18.4 Å². The van der Waals surface area contributed by atoms with Crippen molar-refractivity contribution >= 4 is 11.9 Å². The van der Waals surface area contributed by atoms with Gasteiger partial charge < -0.3 is 15.4 Å². The highest BCUT2D eigenvalue weighted by Crippen LogP contribution is 2.28. The van der Waals surface area contributed by atoms with Gasteiger partial charge in [-0.15, -0.1) is 0 Å². The molecule has 5 heteroatoms. The highest BCUT2D eigenvalue weighted by molar-refractivity contribution is 5.80. The molecule has 1 aliphatic carbocycles. The summed E-state index contributed by atoms with van der Waals surface area (Å²) in [4.78, 5) is 15.5. The van der Waals surface area contributed by atoms with Crippen molar-refractivity contribution in [2.45, 2.75) is 45.4 Å². The van der Waals surface area contributed by atoms with Crippen molar-refractivity contribution in [3.63, 3.8) is 0 Å². The molecule has 1 atom stereocenters. The minimum atomic E-state index is -0.200. The summed E-state index contributed by atoms with van der Waals surface area (Å²) in [6, 6.07) is 0. The van der Waals surface area contributed by atoms with Gasteiger partial charge in [-0.05, 0) is 18.8 Å². The smallest absolute Gasteiger partial charge is 0.310 e. The van der Waals surface area contributed by atoms with Crippen LogP contribution < -0.4 is 10.6 Å². The first-order chi connectivity index (χ1) is 9.67. The number of guanidine groups is 1. The van der Waals surface area contributed by atoms with Crippen molar-refractivity contribution in [3.05, 3.63) is 0 Å². The fraction of sp³-hybridized carbons (Fsp3) is 0.867. The van der Waals surface area contributed by atoms with E-state index < -0.39 is 0 Å². The summed E-state index contributed by atoms with van der Waals surface area (Å²) in [5, 5.41) is 6.44. The van der Waals surface area contributed by atoms with Crippen LogP contribution in [0.4, 0.5) is 0 Å². The summed E-state index contributed by atoms with van der Waals surface area (Å²) in [6.07, 6.45) is 8.12. The number of rotatable bonds is 7. The monoisotopic (exact) mass is 283 g/mol. The molecule has 1 aliphatic rings. The lowest BCUT2D eigenvalue weighted by molar-refractivity contribution is -0.144. The molecular weight excluding hydrogens is 254 g/mol. The number of nitrogens with one attached hydrogen (secondary N) is 2. The molecule has 0 aliphatic heterocycles. The molecule has 2 N–H and O–H groups in total. The summed E-state index contributed by atoms with van der Waals surface area (Å²) in [5.74, 6) is 1.32. The molecule has 116 valence electrons. The lowest BCUT2D eigenvalue weighted by Crippen LogP contribution is -2.41. The minimum absolute atomic E-state index is 0.169. The zero-order valence-electron chi connectivity index (χ0n) is 13.1. The second-order valence-electron chi connectivity index (χ2n) is 5.60. The van der Waals surface area contributed by atoms with Gasteiger partial charge in [0.25, 0.3) is 0 Å². The topological polar surface area (TPSA) is 62.7 Å². The Morgan fingerprint density at radius 3 is 2.65 bits per heavy atom. The Balaban J connectivity index is 2.11. The summed E-state index contributed by atoms with van der Waals surface area (Å²) in [5.41, 5.74) is 0. The third kappa shape index (κ3) is 6.26. The van der Waals surface area contributed by atoms with Crippen LogP contribution in [-0.4, -0.2) is 39.2 Å². The van der Waals surface area contributed by atoms with Crippen LogP contribution in [-0.2, 0) is 9.53 Å². The van der Waals surface area contributed by atoms with Crippen LogP contribution in [0.2, 0.25) is 0 Å². The Labute approximate surface area is 122 Å². The number of nitrogens with zero attached hydrogens (tertiary/aromatic N) is 1. The molecular formula is C15H29N3O2. The first-order valence-electron chi connectivity index (χ1n) is 7.69. The number of ether oxygens (including phenoxy) is 1. The van der Waals surface area contributed by atoms with Crippen molar-refractivity contribution in [2.24, 2.45) is 16.8 Å². The molecule has 0 aromatic rings. The first-order valence-corrected chi connectivity index (χ1v) is 7.69. The van der Waals surface area contributed by atoms with Crippen LogP contribution >= 0.6 is 0 Å². The van der Waals surface area contributed by atoms with Crippen molar-refractivity contribution in [1.82, 2.24) is 10.6 Å². The van der Waals surface area contributed by atoms with Crippen molar-refractivity contribution in [3.8, 4) is 0 Å². The van der Waals surface area contributed by atoms with Gasteiger partial charge in [0, 0.05) is 20.1 Å². The normalized spacial score (nSPS) is 17.9. The third-order valence-corrected chi connectivity index (χ3v) is 3.96. The molecule has 1 saturated carbocycles. The second kappa shape index (κ2) is 9.61. The number of hydrogen-bond donors (Lipinski definition) is 2. The van der Waals surface area contributed by atoms with Crippen LogP contribution in [0.5, 0.6) is 0 Å². The van der Waals surface area contributed by atoms with E-state index in [2.05, 4.69) is 15.6 Å². The first kappa shape index (κ1) is 16.8. The highest BCUT2D eigenvalue weighted by atomic mass is 16.5. The molecule has 0 saturated heterocycles. The Bertz CT molecular complexity index is 312. The largest absolute Gasteiger partial charge is 0.469 e. The summed E-state index contributed by atoms with van der Waals surface area (Å²) in [7, 11) is 3.16. The quantitative estimate of drug-likeness (QED) is 0.324. The van der Waals surface area contributed by atoms with Crippen LogP contribution in [0, 0.1) is 11.8 Å². The maximum absolute atomic E-state index is 11.3. The summed E-state index contributed by atoms with van der Waals surface area (Å²) >= 11 is 0. The van der Waals surface area contributed by atoms with E-state index in [9.17, 15) is 4.79 Å². The van der Waals surface area contributed by atoms with Gasteiger partial charge in [0.15, 0.2) is 5.96 Å². The van der Waals surface area contributed by atoms with Crippen molar-refractivity contribution in [1.29, 1.82) is 0 Å². The molecule has 20 heavy (non-hydrogen) atoms. The average Bonchev–Trinajstić information content (AvgIpc) is 2.98. The van der Waals surface area contributed by atoms with Gasteiger partial charge in [-0.2, -0.15) is 0 Å². The molecule has 0 aromatic heterocycles. The standard InChI is InChI=1S/C15H29N3O2/c1-12(14(19)20-3)11-18-15(16-2)17-10-6-9-13-7-4-5-8-13/h12-13H,4-11H2,1-3H3,(H2,16,17,18). The zero-order chi connectivity index (χ0) is 14.8. The number of carbonyl (C=O) groups excluding carboxylic acids is 1. The number of esters is 1. The second-order valence-corrected chi connectivity index (χ2v) is 5.60. The Kier molecular flexibility index (Phi) is 8.07. The van der Waals surface area contributed by atoms with E-state index in [-0.39, 0.29) is 11.9 Å². The van der Waals surface area contributed by atoms with Crippen molar-refractivity contribution < 1.29 is 9.53 Å². The molecule has 0 aromatic carbocycles. The van der Waals surface area contributed by atoms with E-state index in [4.69, 9.17) is 4.74 Å². The molecule has 0 spiro atoms. The van der Waals surface area contributed by atoms with E-state index in [1.54, 1.807) is 7.05 Å². The van der Waals surface area contributed by atoms with Gasteiger partial charge in [-0.25, -0.2) is 0 Å². The number of aliphatic imine (C=N–C) groups is 1. The number of hydrogen-bond acceptors (Lipinski definition) is 3. The predicted octanol–water partition coefficient (Wildman–Crippen LogP) is 1.93.